The van der Waals surface area contributed by atoms with Crippen LogP contribution in [0.1, 0.15) is 56.6 Å². The predicted octanol–water partition coefficient (Wildman–Crippen LogP) is 5.68. The summed E-state index contributed by atoms with van der Waals surface area (Å²) < 4.78 is 0. The summed E-state index contributed by atoms with van der Waals surface area (Å²) >= 11 is 12.4. The van der Waals surface area contributed by atoms with Crippen molar-refractivity contribution in [3.05, 3.63) is 82.4 Å². The average molecular weight is 477 g/mol. The van der Waals surface area contributed by atoms with E-state index in [1.54, 1.807) is 6.08 Å². The second kappa shape index (κ2) is 11.9. The summed E-state index contributed by atoms with van der Waals surface area (Å²) in [6.45, 7) is 9.69. The maximum Gasteiger partial charge on any atom is 0.240 e. The van der Waals surface area contributed by atoms with Gasteiger partial charge in [-0.1, -0.05) is 74.3 Å². The molecule has 0 fully saturated rings. The zero-order valence-corrected chi connectivity index (χ0v) is 20.5. The molecule has 4 atom stereocenters. The number of carbonyl (C=O) groups is 1. The molecule has 6 heteroatoms. The molecular formula is C26H34Cl2N2O2. The van der Waals surface area contributed by atoms with Crippen molar-refractivity contribution < 1.29 is 9.90 Å². The van der Waals surface area contributed by atoms with Crippen LogP contribution in [0.15, 0.2) is 61.2 Å². The van der Waals surface area contributed by atoms with E-state index >= 15 is 0 Å². The summed E-state index contributed by atoms with van der Waals surface area (Å²) in [5, 5.41) is 13.9. The largest absolute Gasteiger partial charge is 0.394 e. The van der Waals surface area contributed by atoms with Gasteiger partial charge in [0.25, 0.3) is 0 Å². The van der Waals surface area contributed by atoms with Crippen LogP contribution >= 0.6 is 23.2 Å². The Hall–Kier alpha value is -1.85. The Kier molecular flexibility index (Phi) is 9.78. The van der Waals surface area contributed by atoms with E-state index in [-0.39, 0.29) is 36.3 Å². The molecule has 174 valence electrons. The SMILES string of the molecule is C=CCC(N)(C[C@H](c1cccc(Cl)c1)[C@@H](C)c1ccc(Cl)cc1)C(=O)N[C@H](CO)C(C)C. The van der Waals surface area contributed by atoms with Crippen molar-refractivity contribution in [2.45, 2.75) is 57.0 Å². The molecule has 2 aromatic carbocycles. The maximum absolute atomic E-state index is 13.3. The summed E-state index contributed by atoms with van der Waals surface area (Å²) in [5.41, 5.74) is 7.66. The molecule has 0 saturated heterocycles. The van der Waals surface area contributed by atoms with Crippen molar-refractivity contribution >= 4 is 29.1 Å². The van der Waals surface area contributed by atoms with E-state index in [2.05, 4.69) is 18.8 Å². The molecule has 2 rings (SSSR count). The Morgan fingerprint density at radius 3 is 2.31 bits per heavy atom. The van der Waals surface area contributed by atoms with Crippen molar-refractivity contribution in [2.24, 2.45) is 11.7 Å². The third-order valence-corrected chi connectivity index (χ3v) is 6.63. The third kappa shape index (κ3) is 6.82. The number of carbonyl (C=O) groups excluding carboxylic acids is 1. The number of nitrogens with one attached hydrogen (secondary N) is 1. The minimum atomic E-state index is -1.20. The van der Waals surface area contributed by atoms with Gasteiger partial charge in [0.15, 0.2) is 0 Å². The molecule has 1 unspecified atom stereocenters. The van der Waals surface area contributed by atoms with Gasteiger partial charge in [0.1, 0.15) is 0 Å². The number of rotatable bonds is 11. The molecule has 4 nitrogen and oxygen atoms in total. The highest BCUT2D eigenvalue weighted by molar-refractivity contribution is 6.30. The monoisotopic (exact) mass is 476 g/mol. The van der Waals surface area contributed by atoms with Crippen LogP contribution in [0, 0.1) is 5.92 Å². The molecule has 0 aromatic heterocycles. The van der Waals surface area contributed by atoms with Crippen molar-refractivity contribution in [1.29, 1.82) is 0 Å². The van der Waals surface area contributed by atoms with Crippen LogP contribution in [0.4, 0.5) is 0 Å². The quantitative estimate of drug-likeness (QED) is 0.365. The molecule has 0 aliphatic rings. The van der Waals surface area contributed by atoms with Gasteiger partial charge in [0, 0.05) is 10.0 Å². The fraction of sp³-hybridized carbons (Fsp3) is 0.423. The van der Waals surface area contributed by atoms with E-state index in [1.807, 2.05) is 62.4 Å². The van der Waals surface area contributed by atoms with Gasteiger partial charge in [0.2, 0.25) is 5.91 Å². The lowest BCUT2D eigenvalue weighted by atomic mass is 9.73. The topological polar surface area (TPSA) is 75.4 Å². The van der Waals surface area contributed by atoms with Gasteiger partial charge in [-0.25, -0.2) is 0 Å². The third-order valence-electron chi connectivity index (χ3n) is 6.14. The Morgan fingerprint density at radius 1 is 1.12 bits per heavy atom. The smallest absolute Gasteiger partial charge is 0.240 e. The lowest BCUT2D eigenvalue weighted by molar-refractivity contribution is -0.128. The van der Waals surface area contributed by atoms with Crippen molar-refractivity contribution in [2.75, 3.05) is 6.61 Å². The minimum absolute atomic E-state index is 0.0463. The van der Waals surface area contributed by atoms with Crippen molar-refractivity contribution in [3.63, 3.8) is 0 Å². The average Bonchev–Trinajstić information content (AvgIpc) is 2.75. The van der Waals surface area contributed by atoms with Gasteiger partial charge in [-0.3, -0.25) is 4.79 Å². The van der Waals surface area contributed by atoms with E-state index < -0.39 is 5.54 Å². The Balaban J connectivity index is 2.44. The van der Waals surface area contributed by atoms with Crippen LogP contribution in [0.5, 0.6) is 0 Å². The zero-order chi connectivity index (χ0) is 23.9. The van der Waals surface area contributed by atoms with E-state index in [0.717, 1.165) is 11.1 Å². The van der Waals surface area contributed by atoms with Crippen LogP contribution in [0.3, 0.4) is 0 Å². The van der Waals surface area contributed by atoms with E-state index in [9.17, 15) is 9.90 Å². The highest BCUT2D eigenvalue weighted by Gasteiger charge is 2.39. The minimum Gasteiger partial charge on any atom is -0.394 e. The maximum atomic E-state index is 13.3. The van der Waals surface area contributed by atoms with Gasteiger partial charge in [-0.05, 0) is 66.0 Å². The molecule has 0 spiro atoms. The number of hydrogen-bond donors (Lipinski definition) is 3. The lowest BCUT2D eigenvalue weighted by Gasteiger charge is -2.36. The Bertz CT molecular complexity index is 901. The fourth-order valence-electron chi connectivity index (χ4n) is 3.97. The second-order valence-electron chi connectivity index (χ2n) is 8.86. The highest BCUT2D eigenvalue weighted by atomic mass is 35.5. The molecule has 0 heterocycles. The second-order valence-corrected chi connectivity index (χ2v) is 9.73. The van der Waals surface area contributed by atoms with Gasteiger partial charge in [0.05, 0.1) is 18.2 Å². The first-order chi connectivity index (χ1) is 15.1. The highest BCUT2D eigenvalue weighted by Crippen LogP contribution is 2.40. The Labute approximate surface area is 201 Å². The number of hydrogen-bond acceptors (Lipinski definition) is 3. The summed E-state index contributed by atoms with van der Waals surface area (Å²) in [4.78, 5) is 13.3. The predicted molar refractivity (Wildman–Crippen MR) is 134 cm³/mol. The molecule has 4 N–H and O–H groups in total. The molecule has 0 aliphatic carbocycles. The number of halogens is 2. The van der Waals surface area contributed by atoms with Crippen LogP contribution in [-0.4, -0.2) is 29.2 Å². The summed E-state index contributed by atoms with van der Waals surface area (Å²) in [5.74, 6) is -0.253. The first kappa shape index (κ1) is 26.4. The first-order valence-electron chi connectivity index (χ1n) is 10.9. The molecule has 1 amide bonds. The number of benzene rings is 2. The standard InChI is InChI=1S/C26H34Cl2N2O2/c1-5-13-26(29,25(32)30-24(16-31)17(2)3)15-23(20-7-6-8-22(28)14-20)18(4)19-9-11-21(27)12-10-19/h5-12,14,17-18,23-24,31H,1,13,15-16,29H2,2-4H3,(H,30,32)/t18-,23-,24+,26?/m0/s1. The Morgan fingerprint density at radius 2 is 1.78 bits per heavy atom. The van der Waals surface area contributed by atoms with Crippen LogP contribution in [0.25, 0.3) is 0 Å². The fourth-order valence-corrected chi connectivity index (χ4v) is 4.30. The van der Waals surface area contributed by atoms with Gasteiger partial charge < -0.3 is 16.2 Å². The van der Waals surface area contributed by atoms with Gasteiger partial charge in [-0.2, -0.15) is 0 Å². The molecule has 0 saturated carbocycles. The van der Waals surface area contributed by atoms with Crippen LogP contribution in [-0.2, 0) is 4.79 Å². The summed E-state index contributed by atoms with van der Waals surface area (Å²) in [7, 11) is 0. The number of aliphatic hydroxyl groups is 1. The van der Waals surface area contributed by atoms with E-state index in [4.69, 9.17) is 28.9 Å². The van der Waals surface area contributed by atoms with E-state index in [0.29, 0.717) is 22.9 Å². The van der Waals surface area contributed by atoms with E-state index in [1.165, 1.54) is 0 Å². The van der Waals surface area contributed by atoms with Gasteiger partial charge in [-0.15, -0.1) is 6.58 Å². The van der Waals surface area contributed by atoms with Crippen molar-refractivity contribution in [1.82, 2.24) is 5.32 Å². The number of amides is 1. The van der Waals surface area contributed by atoms with Crippen molar-refractivity contribution in [3.8, 4) is 0 Å². The normalized spacial score (nSPS) is 16.1. The molecular weight excluding hydrogens is 443 g/mol. The molecule has 0 bridgehead atoms. The van der Waals surface area contributed by atoms with Gasteiger partial charge >= 0.3 is 0 Å². The summed E-state index contributed by atoms with van der Waals surface area (Å²) in [6, 6.07) is 15.0. The van der Waals surface area contributed by atoms with Crippen LogP contribution in [0.2, 0.25) is 10.0 Å². The number of aliphatic hydroxyl groups excluding tert-OH is 1. The molecule has 0 aliphatic heterocycles. The number of nitrogens with two attached hydrogens (primary N) is 1. The molecule has 0 radical (unpaired) electrons. The van der Waals surface area contributed by atoms with Crippen LogP contribution < -0.4 is 11.1 Å². The molecule has 2 aromatic rings. The lowest BCUT2D eigenvalue weighted by Crippen LogP contribution is -2.58. The first-order valence-corrected chi connectivity index (χ1v) is 11.7. The molecule has 32 heavy (non-hydrogen) atoms. The summed E-state index contributed by atoms with van der Waals surface area (Å²) in [6.07, 6.45) is 2.36. The zero-order valence-electron chi connectivity index (χ0n) is 19.0.